The summed E-state index contributed by atoms with van der Waals surface area (Å²) in [6.07, 6.45) is 5.27. The normalized spacial score (nSPS) is 14.6. The molecule has 6 nitrogen and oxygen atoms in total. The topological polar surface area (TPSA) is 71.0 Å². The molecule has 1 aliphatic rings. The average Bonchev–Trinajstić information content (AvgIpc) is 2.61. The van der Waals surface area contributed by atoms with Gasteiger partial charge in [0.05, 0.1) is 12.2 Å². The number of hydrogen-bond donors (Lipinski definition) is 1. The summed E-state index contributed by atoms with van der Waals surface area (Å²) in [6, 6.07) is 7.35. The zero-order valence-corrected chi connectivity index (χ0v) is 13.3. The molecule has 0 spiro atoms. The summed E-state index contributed by atoms with van der Waals surface area (Å²) >= 11 is 0. The molecule has 120 valence electrons. The second-order valence-electron chi connectivity index (χ2n) is 5.75. The van der Waals surface area contributed by atoms with Gasteiger partial charge in [-0.2, -0.15) is 0 Å². The highest BCUT2D eigenvalue weighted by Crippen LogP contribution is 2.16. The molecule has 1 saturated heterocycles. The van der Waals surface area contributed by atoms with Crippen molar-refractivity contribution in [3.05, 3.63) is 47.5 Å². The Morgan fingerprint density at radius 3 is 2.78 bits per heavy atom. The molecule has 0 unspecified atom stereocenters. The minimum atomic E-state index is -0.195. The summed E-state index contributed by atoms with van der Waals surface area (Å²) in [5, 5.41) is 2.86. The van der Waals surface area contributed by atoms with E-state index in [1.54, 1.807) is 12.3 Å². The monoisotopic (exact) mass is 311 g/mol. The number of aryl methyl sites for hydroxylation is 1. The van der Waals surface area contributed by atoms with E-state index in [9.17, 15) is 4.79 Å². The van der Waals surface area contributed by atoms with Gasteiger partial charge in [-0.15, -0.1) is 0 Å². The van der Waals surface area contributed by atoms with Crippen LogP contribution in [0.25, 0.3) is 0 Å². The van der Waals surface area contributed by atoms with Crippen molar-refractivity contribution in [2.75, 3.05) is 18.0 Å². The van der Waals surface area contributed by atoms with Crippen molar-refractivity contribution >= 4 is 11.9 Å². The molecule has 23 heavy (non-hydrogen) atoms. The van der Waals surface area contributed by atoms with Crippen LogP contribution in [0.3, 0.4) is 0 Å². The van der Waals surface area contributed by atoms with Gasteiger partial charge in [-0.1, -0.05) is 6.07 Å². The number of nitrogens with zero attached hydrogens (tertiary/aromatic N) is 4. The van der Waals surface area contributed by atoms with E-state index in [4.69, 9.17) is 0 Å². The van der Waals surface area contributed by atoms with Crippen molar-refractivity contribution < 1.29 is 4.79 Å². The lowest BCUT2D eigenvalue weighted by molar-refractivity contribution is 0.0945. The van der Waals surface area contributed by atoms with Crippen molar-refractivity contribution in [3.8, 4) is 0 Å². The first kappa shape index (κ1) is 15.4. The fourth-order valence-corrected chi connectivity index (χ4v) is 2.67. The number of anilines is 1. The van der Waals surface area contributed by atoms with Crippen molar-refractivity contribution in [2.24, 2.45) is 0 Å². The molecule has 0 aliphatic carbocycles. The predicted octanol–water partition coefficient (Wildman–Crippen LogP) is 2.10. The van der Waals surface area contributed by atoms with Gasteiger partial charge in [-0.05, 0) is 44.4 Å². The van der Waals surface area contributed by atoms with E-state index < -0.39 is 0 Å². The highest BCUT2D eigenvalue weighted by Gasteiger charge is 2.17. The predicted molar refractivity (Wildman–Crippen MR) is 88.2 cm³/mol. The second kappa shape index (κ2) is 7.17. The van der Waals surface area contributed by atoms with Gasteiger partial charge in [-0.3, -0.25) is 9.78 Å². The third-order valence-corrected chi connectivity index (χ3v) is 3.87. The van der Waals surface area contributed by atoms with Crippen LogP contribution in [-0.4, -0.2) is 33.9 Å². The summed E-state index contributed by atoms with van der Waals surface area (Å²) in [6.45, 7) is 4.20. The maximum atomic E-state index is 12.4. The number of piperidine rings is 1. The van der Waals surface area contributed by atoms with Crippen LogP contribution in [0.5, 0.6) is 0 Å². The van der Waals surface area contributed by atoms with Gasteiger partial charge in [0, 0.05) is 25.0 Å². The molecule has 2 aromatic rings. The highest BCUT2D eigenvalue weighted by molar-refractivity contribution is 5.92. The number of carbonyl (C=O) groups is 1. The zero-order valence-electron chi connectivity index (χ0n) is 13.3. The molecule has 0 atom stereocenters. The first-order valence-electron chi connectivity index (χ1n) is 8.01. The van der Waals surface area contributed by atoms with Crippen molar-refractivity contribution in [1.82, 2.24) is 20.3 Å². The molecule has 1 fully saturated rings. The third kappa shape index (κ3) is 4.03. The number of aromatic nitrogens is 3. The number of rotatable bonds is 4. The number of hydrogen-bond acceptors (Lipinski definition) is 5. The van der Waals surface area contributed by atoms with Crippen LogP contribution >= 0.6 is 0 Å². The Hall–Kier alpha value is -2.50. The zero-order chi connectivity index (χ0) is 16.1. The Balaban J connectivity index is 1.71. The summed E-state index contributed by atoms with van der Waals surface area (Å²) in [4.78, 5) is 27.6. The maximum Gasteiger partial charge on any atom is 0.270 e. The summed E-state index contributed by atoms with van der Waals surface area (Å²) in [5.41, 5.74) is 2.04. The molecule has 2 aromatic heterocycles. The lowest BCUT2D eigenvalue weighted by atomic mass is 10.1. The molecule has 0 aromatic carbocycles. The SMILES string of the molecule is Cc1cc(C(=O)NCc2ccccn2)nc(N2CCCCC2)n1. The summed E-state index contributed by atoms with van der Waals surface area (Å²) < 4.78 is 0. The summed E-state index contributed by atoms with van der Waals surface area (Å²) in [5.74, 6) is 0.465. The standard InChI is InChI=1S/C17H21N5O/c1-13-11-15(16(23)19-12-14-7-3-4-8-18-14)21-17(20-13)22-9-5-2-6-10-22/h3-4,7-8,11H,2,5-6,9-10,12H2,1H3,(H,19,23). The van der Waals surface area contributed by atoms with Crippen molar-refractivity contribution in [3.63, 3.8) is 0 Å². The minimum Gasteiger partial charge on any atom is -0.345 e. The van der Waals surface area contributed by atoms with Gasteiger partial charge in [0.15, 0.2) is 0 Å². The highest BCUT2D eigenvalue weighted by atomic mass is 16.1. The smallest absolute Gasteiger partial charge is 0.270 e. The van der Waals surface area contributed by atoms with Crippen LogP contribution in [-0.2, 0) is 6.54 Å². The molecular weight excluding hydrogens is 290 g/mol. The molecule has 0 radical (unpaired) electrons. The largest absolute Gasteiger partial charge is 0.345 e. The van der Waals surface area contributed by atoms with E-state index in [1.165, 1.54) is 6.42 Å². The van der Waals surface area contributed by atoms with Gasteiger partial charge in [-0.25, -0.2) is 9.97 Å². The van der Waals surface area contributed by atoms with Crippen LogP contribution < -0.4 is 10.2 Å². The van der Waals surface area contributed by atoms with Gasteiger partial charge < -0.3 is 10.2 Å². The number of carbonyl (C=O) groups excluding carboxylic acids is 1. The van der Waals surface area contributed by atoms with Gasteiger partial charge >= 0.3 is 0 Å². The Bertz CT molecular complexity index is 668. The first-order chi connectivity index (χ1) is 11.2. The Morgan fingerprint density at radius 2 is 2.04 bits per heavy atom. The van der Waals surface area contributed by atoms with E-state index in [-0.39, 0.29) is 5.91 Å². The molecular formula is C17H21N5O. The first-order valence-corrected chi connectivity index (χ1v) is 8.01. The Kier molecular flexibility index (Phi) is 4.80. The quantitative estimate of drug-likeness (QED) is 0.936. The van der Waals surface area contributed by atoms with E-state index in [1.807, 2.05) is 25.1 Å². The second-order valence-corrected chi connectivity index (χ2v) is 5.75. The molecule has 0 saturated carbocycles. The fourth-order valence-electron chi connectivity index (χ4n) is 2.67. The lowest BCUT2D eigenvalue weighted by Crippen LogP contribution is -2.32. The van der Waals surface area contributed by atoms with Crippen LogP contribution in [0.2, 0.25) is 0 Å². The van der Waals surface area contributed by atoms with Crippen LogP contribution in [0.4, 0.5) is 5.95 Å². The molecule has 3 rings (SSSR count). The number of amides is 1. The van der Waals surface area contributed by atoms with Crippen molar-refractivity contribution in [1.29, 1.82) is 0 Å². The van der Waals surface area contributed by atoms with E-state index in [2.05, 4.69) is 25.2 Å². The molecule has 3 heterocycles. The van der Waals surface area contributed by atoms with E-state index in [0.717, 1.165) is 37.3 Å². The van der Waals surface area contributed by atoms with E-state index >= 15 is 0 Å². The molecule has 1 N–H and O–H groups in total. The Morgan fingerprint density at radius 1 is 1.22 bits per heavy atom. The van der Waals surface area contributed by atoms with Crippen LogP contribution in [0.1, 0.15) is 41.1 Å². The number of nitrogens with one attached hydrogen (secondary N) is 1. The third-order valence-electron chi connectivity index (χ3n) is 3.87. The van der Waals surface area contributed by atoms with E-state index in [0.29, 0.717) is 18.2 Å². The summed E-state index contributed by atoms with van der Waals surface area (Å²) in [7, 11) is 0. The van der Waals surface area contributed by atoms with Gasteiger partial charge in [0.2, 0.25) is 5.95 Å². The number of pyridine rings is 1. The molecule has 0 bridgehead atoms. The Labute approximate surface area is 136 Å². The minimum absolute atomic E-state index is 0.195. The van der Waals surface area contributed by atoms with Crippen molar-refractivity contribution in [2.45, 2.75) is 32.7 Å². The van der Waals surface area contributed by atoms with Crippen LogP contribution in [0.15, 0.2) is 30.5 Å². The van der Waals surface area contributed by atoms with Gasteiger partial charge in [0.25, 0.3) is 5.91 Å². The molecule has 1 aliphatic heterocycles. The lowest BCUT2D eigenvalue weighted by Gasteiger charge is -2.27. The fraction of sp³-hybridized carbons (Fsp3) is 0.412. The average molecular weight is 311 g/mol. The molecule has 1 amide bonds. The maximum absolute atomic E-state index is 12.4. The molecule has 6 heteroatoms. The van der Waals surface area contributed by atoms with Crippen LogP contribution in [0, 0.1) is 6.92 Å². The van der Waals surface area contributed by atoms with Gasteiger partial charge in [0.1, 0.15) is 5.69 Å².